The molecule has 1 amide bonds. The number of aromatic nitrogens is 1. The van der Waals surface area contributed by atoms with E-state index in [2.05, 4.69) is 36.4 Å². The third kappa shape index (κ3) is 4.88. The van der Waals surface area contributed by atoms with E-state index < -0.39 is 0 Å². The van der Waals surface area contributed by atoms with Crippen molar-refractivity contribution in [3.63, 3.8) is 0 Å². The van der Waals surface area contributed by atoms with Gasteiger partial charge in [-0.25, -0.2) is 4.98 Å². The highest BCUT2D eigenvalue weighted by atomic mass is 16.5. The average molecular weight is 375 g/mol. The van der Waals surface area contributed by atoms with E-state index in [1.807, 2.05) is 48.5 Å². The van der Waals surface area contributed by atoms with Crippen LogP contribution in [0.25, 0.3) is 0 Å². The Bertz CT molecular complexity index is 926. The Kier molecular flexibility index (Phi) is 5.64. The Hall–Kier alpha value is -3.34. The van der Waals surface area contributed by atoms with Gasteiger partial charge in [-0.1, -0.05) is 32.9 Å². The van der Waals surface area contributed by atoms with Gasteiger partial charge in [-0.3, -0.25) is 4.79 Å². The molecule has 3 rings (SSSR count). The predicted octanol–water partition coefficient (Wildman–Crippen LogP) is 5.38. The van der Waals surface area contributed by atoms with Crippen molar-refractivity contribution < 1.29 is 9.53 Å². The summed E-state index contributed by atoms with van der Waals surface area (Å²) < 4.78 is 5.15. The van der Waals surface area contributed by atoms with Gasteiger partial charge in [-0.2, -0.15) is 0 Å². The van der Waals surface area contributed by atoms with Crippen molar-refractivity contribution in [1.82, 2.24) is 4.98 Å². The number of nitrogens with one attached hydrogen (secondary N) is 2. The first kappa shape index (κ1) is 19.4. The summed E-state index contributed by atoms with van der Waals surface area (Å²) in [5.74, 6) is 1.27. The van der Waals surface area contributed by atoms with Crippen LogP contribution in [-0.2, 0) is 5.41 Å². The Morgan fingerprint density at radius 1 is 0.893 bits per heavy atom. The Morgan fingerprint density at radius 3 is 2.07 bits per heavy atom. The highest BCUT2D eigenvalue weighted by Gasteiger charge is 2.13. The summed E-state index contributed by atoms with van der Waals surface area (Å²) in [6, 6.07) is 19.0. The largest absolute Gasteiger partial charge is 0.497 e. The summed E-state index contributed by atoms with van der Waals surface area (Å²) in [5.41, 5.74) is 3.46. The molecule has 0 aliphatic rings. The summed E-state index contributed by atoms with van der Waals surface area (Å²) >= 11 is 0. The topological polar surface area (TPSA) is 63.2 Å². The maximum absolute atomic E-state index is 12.5. The summed E-state index contributed by atoms with van der Waals surface area (Å²) in [6.07, 6.45) is 1.56. The van der Waals surface area contributed by atoms with Crippen LogP contribution in [0.5, 0.6) is 5.75 Å². The van der Waals surface area contributed by atoms with Crippen molar-refractivity contribution in [3.05, 3.63) is 78.0 Å². The minimum absolute atomic E-state index is 0.0825. The highest BCUT2D eigenvalue weighted by Crippen LogP contribution is 2.24. The van der Waals surface area contributed by atoms with Crippen molar-refractivity contribution >= 4 is 23.1 Å². The fourth-order valence-electron chi connectivity index (χ4n) is 2.68. The molecule has 1 heterocycles. The third-order valence-electron chi connectivity index (χ3n) is 4.40. The lowest BCUT2D eigenvalue weighted by Crippen LogP contribution is -2.14. The molecule has 0 atom stereocenters. The van der Waals surface area contributed by atoms with Crippen LogP contribution in [0.15, 0.2) is 66.9 Å². The van der Waals surface area contributed by atoms with Crippen molar-refractivity contribution in [1.29, 1.82) is 0 Å². The van der Waals surface area contributed by atoms with Crippen LogP contribution in [0.2, 0.25) is 0 Å². The normalized spacial score (nSPS) is 11.0. The van der Waals surface area contributed by atoms with Crippen LogP contribution in [0.4, 0.5) is 17.2 Å². The molecular formula is C23H25N3O2. The highest BCUT2D eigenvalue weighted by molar-refractivity contribution is 6.04. The van der Waals surface area contributed by atoms with E-state index in [0.717, 1.165) is 17.1 Å². The molecule has 0 radical (unpaired) electrons. The quantitative estimate of drug-likeness (QED) is 0.628. The molecule has 1 aromatic heterocycles. The van der Waals surface area contributed by atoms with Crippen molar-refractivity contribution in [2.45, 2.75) is 26.2 Å². The van der Waals surface area contributed by atoms with Gasteiger partial charge in [0.05, 0.1) is 12.7 Å². The maximum atomic E-state index is 12.5. The van der Waals surface area contributed by atoms with Crippen LogP contribution in [0, 0.1) is 0 Å². The van der Waals surface area contributed by atoms with E-state index in [4.69, 9.17) is 4.74 Å². The number of ether oxygens (including phenoxy) is 1. The second kappa shape index (κ2) is 8.13. The monoisotopic (exact) mass is 375 g/mol. The molecule has 0 saturated heterocycles. The molecule has 144 valence electrons. The Labute approximate surface area is 165 Å². The SMILES string of the molecule is COc1ccc(Nc2ccc(C(=O)Nc3ccc(C(C)(C)C)cc3)cn2)cc1. The van der Waals surface area contributed by atoms with E-state index in [9.17, 15) is 4.79 Å². The molecular weight excluding hydrogens is 350 g/mol. The van der Waals surface area contributed by atoms with Gasteiger partial charge in [0.2, 0.25) is 0 Å². The first-order valence-electron chi connectivity index (χ1n) is 9.14. The number of benzene rings is 2. The number of rotatable bonds is 5. The molecule has 5 nitrogen and oxygen atoms in total. The second-order valence-corrected chi connectivity index (χ2v) is 7.57. The molecule has 0 spiro atoms. The fraction of sp³-hybridized carbons (Fsp3) is 0.217. The first-order chi connectivity index (χ1) is 13.3. The summed E-state index contributed by atoms with van der Waals surface area (Å²) in [6.45, 7) is 6.48. The maximum Gasteiger partial charge on any atom is 0.257 e. The van der Waals surface area contributed by atoms with Gasteiger partial charge in [-0.15, -0.1) is 0 Å². The standard InChI is InChI=1S/C23H25N3O2/c1-23(2,3)17-6-8-19(9-7-17)26-22(27)16-5-14-21(24-15-16)25-18-10-12-20(28-4)13-11-18/h5-15H,1-4H3,(H,24,25)(H,26,27). The number of anilines is 3. The summed E-state index contributed by atoms with van der Waals surface area (Å²) in [7, 11) is 1.63. The van der Waals surface area contributed by atoms with Crippen LogP contribution in [0.3, 0.4) is 0 Å². The molecule has 0 fully saturated rings. The zero-order valence-electron chi connectivity index (χ0n) is 16.6. The molecule has 0 aliphatic carbocycles. The molecule has 2 aromatic carbocycles. The molecule has 5 heteroatoms. The summed E-state index contributed by atoms with van der Waals surface area (Å²) in [5, 5.41) is 6.10. The van der Waals surface area contributed by atoms with Gasteiger partial charge in [0.15, 0.2) is 0 Å². The molecule has 28 heavy (non-hydrogen) atoms. The van der Waals surface area contributed by atoms with E-state index in [-0.39, 0.29) is 11.3 Å². The van der Waals surface area contributed by atoms with E-state index in [1.165, 1.54) is 5.56 Å². The molecule has 0 bridgehead atoms. The lowest BCUT2D eigenvalue weighted by Gasteiger charge is -2.19. The number of pyridine rings is 1. The van der Waals surface area contributed by atoms with Crippen molar-refractivity contribution in [2.24, 2.45) is 0 Å². The van der Waals surface area contributed by atoms with Gasteiger partial charge in [0.25, 0.3) is 5.91 Å². The number of methoxy groups -OCH3 is 1. The fourth-order valence-corrected chi connectivity index (χ4v) is 2.68. The number of carbonyl (C=O) groups excluding carboxylic acids is 1. The third-order valence-corrected chi connectivity index (χ3v) is 4.40. The second-order valence-electron chi connectivity index (χ2n) is 7.57. The van der Waals surface area contributed by atoms with Crippen LogP contribution in [0.1, 0.15) is 36.7 Å². The molecule has 0 unspecified atom stereocenters. The van der Waals surface area contributed by atoms with E-state index >= 15 is 0 Å². The number of hydrogen-bond donors (Lipinski definition) is 2. The minimum Gasteiger partial charge on any atom is -0.497 e. The lowest BCUT2D eigenvalue weighted by atomic mass is 9.87. The van der Waals surface area contributed by atoms with Gasteiger partial charge in [0, 0.05) is 17.6 Å². The average Bonchev–Trinajstić information content (AvgIpc) is 2.69. The number of nitrogens with zero attached hydrogens (tertiary/aromatic N) is 1. The van der Waals surface area contributed by atoms with Crippen molar-refractivity contribution in [2.75, 3.05) is 17.7 Å². The molecule has 2 N–H and O–H groups in total. The number of hydrogen-bond acceptors (Lipinski definition) is 4. The predicted molar refractivity (Wildman–Crippen MR) is 114 cm³/mol. The number of amides is 1. The lowest BCUT2D eigenvalue weighted by molar-refractivity contribution is 0.102. The molecule has 0 saturated carbocycles. The van der Waals surface area contributed by atoms with Crippen molar-refractivity contribution in [3.8, 4) is 5.75 Å². The zero-order chi connectivity index (χ0) is 20.1. The summed E-state index contributed by atoms with van der Waals surface area (Å²) in [4.78, 5) is 16.8. The van der Waals surface area contributed by atoms with E-state index in [1.54, 1.807) is 25.4 Å². The van der Waals surface area contributed by atoms with Crippen LogP contribution < -0.4 is 15.4 Å². The van der Waals surface area contributed by atoms with Gasteiger partial charge >= 0.3 is 0 Å². The van der Waals surface area contributed by atoms with Gasteiger partial charge in [-0.05, 0) is 59.5 Å². The smallest absolute Gasteiger partial charge is 0.257 e. The van der Waals surface area contributed by atoms with E-state index in [0.29, 0.717) is 11.4 Å². The number of carbonyl (C=O) groups is 1. The molecule has 3 aromatic rings. The van der Waals surface area contributed by atoms with Crippen LogP contribution >= 0.6 is 0 Å². The first-order valence-corrected chi connectivity index (χ1v) is 9.14. The van der Waals surface area contributed by atoms with Gasteiger partial charge in [0.1, 0.15) is 11.6 Å². The minimum atomic E-state index is -0.188. The Balaban J connectivity index is 1.63. The zero-order valence-corrected chi connectivity index (χ0v) is 16.6. The molecule has 0 aliphatic heterocycles. The van der Waals surface area contributed by atoms with Crippen LogP contribution in [-0.4, -0.2) is 18.0 Å². The Morgan fingerprint density at radius 2 is 1.54 bits per heavy atom. The van der Waals surface area contributed by atoms with Gasteiger partial charge < -0.3 is 15.4 Å².